The maximum absolute atomic E-state index is 13.5. The van der Waals surface area contributed by atoms with Crippen molar-refractivity contribution < 1.29 is 31.5 Å². The number of hydrogen-bond donors (Lipinski definition) is 1. The number of aryl methyl sites for hydroxylation is 1. The van der Waals surface area contributed by atoms with Gasteiger partial charge in [-0.05, 0) is 62.6 Å². The van der Waals surface area contributed by atoms with Crippen LogP contribution < -0.4 is 19.9 Å². The summed E-state index contributed by atoms with van der Waals surface area (Å²) in [6, 6.07) is 8.77. The first-order chi connectivity index (χ1) is 20.0. The van der Waals surface area contributed by atoms with Crippen LogP contribution in [0.25, 0.3) is 22.3 Å². The number of fused-ring (bicyclic) bond motifs is 2. The number of aromatic amines is 1. The van der Waals surface area contributed by atoms with Gasteiger partial charge >= 0.3 is 6.29 Å². The molecule has 0 atom stereocenters. The fourth-order valence-corrected chi connectivity index (χ4v) is 6.86. The van der Waals surface area contributed by atoms with Gasteiger partial charge in [0.25, 0.3) is 5.56 Å². The molecule has 2 aromatic heterocycles. The van der Waals surface area contributed by atoms with Gasteiger partial charge in [0.15, 0.2) is 11.5 Å². The Morgan fingerprint density at radius 2 is 1.86 bits per heavy atom. The van der Waals surface area contributed by atoms with Gasteiger partial charge in [-0.3, -0.25) is 9.59 Å². The number of carbonyl (C=O) groups excluding carboxylic acids is 1. The highest BCUT2D eigenvalue weighted by atomic mass is 32.2. The molecule has 1 N–H and O–H groups in total. The Bertz CT molecular complexity index is 1880. The van der Waals surface area contributed by atoms with Crippen LogP contribution >= 0.6 is 0 Å². The number of H-pyrrole nitrogens is 1. The second kappa shape index (κ2) is 10.2. The van der Waals surface area contributed by atoms with Crippen molar-refractivity contribution in [3.05, 3.63) is 58.6 Å². The van der Waals surface area contributed by atoms with Crippen LogP contribution in [0.4, 0.5) is 14.5 Å². The standard InChI is InChI=1S/C27H26F2N6O6S/c1-3-34(18-6-7-20-21(13-18)41-27(28,29)40-20)22(36)14-35-26(37)25-24(30-15-31-25)23(32-35)17-10-16(2)11-19(12-17)42(38,39)33-8-4-5-9-33/h6-7,10-13,15H,3-5,8-9,14H2,1-2H3,(H,30,31). The predicted molar refractivity (Wildman–Crippen MR) is 147 cm³/mol. The smallest absolute Gasteiger partial charge is 0.395 e. The molecule has 12 nitrogen and oxygen atoms in total. The Kier molecular flexibility index (Phi) is 6.73. The monoisotopic (exact) mass is 600 g/mol. The molecule has 2 aromatic carbocycles. The van der Waals surface area contributed by atoms with Crippen LogP contribution in [0, 0.1) is 6.92 Å². The van der Waals surface area contributed by atoms with E-state index in [1.807, 2.05) is 0 Å². The molecule has 2 aliphatic rings. The molecule has 1 amide bonds. The molecule has 0 bridgehead atoms. The Balaban J connectivity index is 1.37. The SMILES string of the molecule is CCN(C(=O)Cn1nc(-c2cc(C)cc(S(=O)(=O)N3CCCC3)c2)c2nc[nH]c2c1=O)c1ccc2c(c1)OC(F)(F)O2. The number of anilines is 1. The summed E-state index contributed by atoms with van der Waals surface area (Å²) in [6.45, 7) is 3.99. The minimum atomic E-state index is -3.81. The van der Waals surface area contributed by atoms with Crippen LogP contribution in [0.15, 0.2) is 52.4 Å². The van der Waals surface area contributed by atoms with Gasteiger partial charge in [-0.2, -0.15) is 9.40 Å². The molecule has 4 aromatic rings. The van der Waals surface area contributed by atoms with E-state index < -0.39 is 34.3 Å². The number of amides is 1. The van der Waals surface area contributed by atoms with E-state index in [9.17, 15) is 26.8 Å². The summed E-state index contributed by atoms with van der Waals surface area (Å²) in [4.78, 5) is 35.1. The second-order valence-electron chi connectivity index (χ2n) is 10.0. The number of benzene rings is 2. The molecule has 6 rings (SSSR count). The zero-order chi connectivity index (χ0) is 29.8. The molecular formula is C27H26F2N6O6S. The van der Waals surface area contributed by atoms with Crippen molar-refractivity contribution in [1.29, 1.82) is 0 Å². The maximum atomic E-state index is 13.5. The Hall–Kier alpha value is -4.37. The number of alkyl halides is 2. The molecule has 15 heteroatoms. The van der Waals surface area contributed by atoms with Crippen molar-refractivity contribution in [2.24, 2.45) is 0 Å². The molecule has 0 unspecified atom stereocenters. The first kappa shape index (κ1) is 27.8. The van der Waals surface area contributed by atoms with E-state index in [0.29, 0.717) is 24.2 Å². The van der Waals surface area contributed by atoms with Gasteiger partial charge in [0, 0.05) is 37.0 Å². The average molecular weight is 601 g/mol. The molecule has 1 fully saturated rings. The van der Waals surface area contributed by atoms with Gasteiger partial charge < -0.3 is 19.4 Å². The third kappa shape index (κ3) is 4.87. The highest BCUT2D eigenvalue weighted by molar-refractivity contribution is 7.89. The van der Waals surface area contributed by atoms with Crippen LogP contribution in [0.3, 0.4) is 0 Å². The van der Waals surface area contributed by atoms with Gasteiger partial charge in [-0.15, -0.1) is 8.78 Å². The fourth-order valence-electron chi connectivity index (χ4n) is 5.21. The fraction of sp³-hybridized carbons (Fsp3) is 0.333. The van der Waals surface area contributed by atoms with Gasteiger partial charge in [0.05, 0.1) is 11.2 Å². The van der Waals surface area contributed by atoms with Gasteiger partial charge in [-0.25, -0.2) is 18.1 Å². The number of nitrogens with one attached hydrogen (secondary N) is 1. The van der Waals surface area contributed by atoms with E-state index >= 15 is 0 Å². The first-order valence-corrected chi connectivity index (χ1v) is 14.7. The molecule has 220 valence electrons. The third-order valence-electron chi connectivity index (χ3n) is 7.16. The minimum Gasteiger partial charge on any atom is -0.395 e. The van der Waals surface area contributed by atoms with Crippen LogP contribution in [0.2, 0.25) is 0 Å². The van der Waals surface area contributed by atoms with Crippen molar-refractivity contribution in [3.63, 3.8) is 0 Å². The minimum absolute atomic E-state index is 0.0895. The highest BCUT2D eigenvalue weighted by Crippen LogP contribution is 2.43. The largest absolute Gasteiger partial charge is 0.586 e. The lowest BCUT2D eigenvalue weighted by Gasteiger charge is -2.21. The van der Waals surface area contributed by atoms with Crippen LogP contribution in [-0.4, -0.2) is 64.3 Å². The molecule has 4 heterocycles. The quantitative estimate of drug-likeness (QED) is 0.341. The van der Waals surface area contributed by atoms with Crippen molar-refractivity contribution >= 4 is 32.7 Å². The maximum Gasteiger partial charge on any atom is 0.586 e. The summed E-state index contributed by atoms with van der Waals surface area (Å²) in [5, 5.41) is 4.45. The van der Waals surface area contributed by atoms with Crippen LogP contribution in [0.1, 0.15) is 25.3 Å². The van der Waals surface area contributed by atoms with E-state index in [4.69, 9.17) is 0 Å². The van der Waals surface area contributed by atoms with E-state index in [0.717, 1.165) is 17.5 Å². The van der Waals surface area contributed by atoms with Crippen LogP contribution in [-0.2, 0) is 21.4 Å². The van der Waals surface area contributed by atoms with Gasteiger partial charge in [0.1, 0.15) is 23.3 Å². The van der Waals surface area contributed by atoms with Crippen LogP contribution in [0.5, 0.6) is 11.5 Å². The van der Waals surface area contributed by atoms with Crippen molar-refractivity contribution in [2.45, 2.75) is 44.4 Å². The molecule has 2 aliphatic heterocycles. The number of hydrogen-bond acceptors (Lipinski definition) is 8. The topological polar surface area (TPSA) is 140 Å². The van der Waals surface area contributed by atoms with Crippen molar-refractivity contribution in [1.82, 2.24) is 24.1 Å². The normalized spacial score (nSPS) is 16.3. The number of aromatic nitrogens is 4. The summed E-state index contributed by atoms with van der Waals surface area (Å²) in [5.41, 5.74) is 1.25. The Morgan fingerprint density at radius 3 is 2.60 bits per heavy atom. The summed E-state index contributed by atoms with van der Waals surface area (Å²) >= 11 is 0. The number of sulfonamides is 1. The highest BCUT2D eigenvalue weighted by Gasteiger charge is 2.43. The second-order valence-corrected chi connectivity index (χ2v) is 12.0. The molecular weight excluding hydrogens is 574 g/mol. The van der Waals surface area contributed by atoms with Gasteiger partial charge in [0.2, 0.25) is 15.9 Å². The Morgan fingerprint density at radius 1 is 1.12 bits per heavy atom. The zero-order valence-electron chi connectivity index (χ0n) is 22.6. The predicted octanol–water partition coefficient (Wildman–Crippen LogP) is 3.25. The summed E-state index contributed by atoms with van der Waals surface area (Å²) in [5.74, 6) is -0.938. The molecule has 0 aliphatic carbocycles. The number of carbonyl (C=O) groups is 1. The third-order valence-corrected chi connectivity index (χ3v) is 9.03. The number of ether oxygens (including phenoxy) is 2. The lowest BCUT2D eigenvalue weighted by Crippen LogP contribution is -2.37. The zero-order valence-corrected chi connectivity index (χ0v) is 23.5. The summed E-state index contributed by atoms with van der Waals surface area (Å²) < 4.78 is 65.0. The summed E-state index contributed by atoms with van der Waals surface area (Å²) in [6.07, 6.45) is -0.903. The Labute approximate surface area is 238 Å². The molecule has 0 spiro atoms. The lowest BCUT2D eigenvalue weighted by atomic mass is 10.1. The number of rotatable bonds is 7. The van der Waals surface area contributed by atoms with Gasteiger partial charge in [-0.1, -0.05) is 0 Å². The van der Waals surface area contributed by atoms with E-state index in [1.54, 1.807) is 26.0 Å². The average Bonchev–Trinajstić information content (AvgIpc) is 3.70. The first-order valence-electron chi connectivity index (χ1n) is 13.2. The molecule has 0 saturated carbocycles. The molecule has 42 heavy (non-hydrogen) atoms. The van der Waals surface area contributed by atoms with Crippen molar-refractivity contribution in [3.8, 4) is 22.8 Å². The number of imidazole rings is 1. The lowest BCUT2D eigenvalue weighted by molar-refractivity contribution is -0.286. The summed E-state index contributed by atoms with van der Waals surface area (Å²) in [7, 11) is -3.74. The molecule has 0 radical (unpaired) electrons. The van der Waals surface area contributed by atoms with E-state index in [2.05, 4.69) is 24.5 Å². The van der Waals surface area contributed by atoms with E-state index in [1.165, 1.54) is 39.8 Å². The number of nitrogens with zero attached hydrogens (tertiary/aromatic N) is 5. The number of halogens is 2. The van der Waals surface area contributed by atoms with Crippen molar-refractivity contribution in [2.75, 3.05) is 24.5 Å². The number of likely N-dealkylation sites (N-methyl/N-ethyl adjacent to an activating group) is 1. The molecule has 1 saturated heterocycles. The van der Waals surface area contributed by atoms with E-state index in [-0.39, 0.29) is 45.4 Å².